The van der Waals surface area contributed by atoms with E-state index in [1.165, 1.54) is 4.90 Å². The largest absolute Gasteiger partial charge is 0.423 e. The Morgan fingerprint density at radius 3 is 2.64 bits per heavy atom. The zero-order valence-corrected chi connectivity index (χ0v) is 15.7. The number of amides is 2. The van der Waals surface area contributed by atoms with E-state index in [0.29, 0.717) is 17.6 Å². The predicted octanol–water partition coefficient (Wildman–Crippen LogP) is 2.61. The number of anilines is 1. The van der Waals surface area contributed by atoms with Gasteiger partial charge < -0.3 is 14.1 Å². The molecule has 3 aromatic rings. The summed E-state index contributed by atoms with van der Waals surface area (Å²) in [7, 11) is 1.60. The molecule has 2 heterocycles. The zero-order valence-electron chi connectivity index (χ0n) is 15.7. The van der Waals surface area contributed by atoms with Crippen molar-refractivity contribution in [1.29, 1.82) is 0 Å². The van der Waals surface area contributed by atoms with E-state index in [4.69, 9.17) is 9.15 Å². The summed E-state index contributed by atoms with van der Waals surface area (Å²) in [5.41, 5.74) is 2.22. The van der Waals surface area contributed by atoms with Gasteiger partial charge in [-0.25, -0.2) is 0 Å². The maximum atomic E-state index is 13.3. The van der Waals surface area contributed by atoms with Crippen LogP contribution in [0.3, 0.4) is 0 Å². The van der Waals surface area contributed by atoms with E-state index in [0.717, 1.165) is 5.56 Å². The molecule has 0 bridgehead atoms. The number of oxazole rings is 1. The third-order valence-corrected chi connectivity index (χ3v) is 4.92. The Kier molecular flexibility index (Phi) is 4.83. The molecule has 0 N–H and O–H groups in total. The molecule has 1 aliphatic heterocycles. The lowest BCUT2D eigenvalue weighted by atomic mass is 10.1. The maximum absolute atomic E-state index is 13.3. The fourth-order valence-corrected chi connectivity index (χ4v) is 3.38. The maximum Gasteiger partial charge on any atom is 0.305 e. The first kappa shape index (κ1) is 18.2. The third-order valence-electron chi connectivity index (χ3n) is 4.92. The molecular weight excluding hydrogens is 358 g/mol. The molecule has 28 heavy (non-hydrogen) atoms. The van der Waals surface area contributed by atoms with Gasteiger partial charge in [0.05, 0.1) is 6.10 Å². The van der Waals surface area contributed by atoms with Crippen LogP contribution in [0.2, 0.25) is 0 Å². The molecule has 0 unspecified atom stereocenters. The van der Waals surface area contributed by atoms with Gasteiger partial charge in [-0.2, -0.15) is 4.98 Å². The summed E-state index contributed by atoms with van der Waals surface area (Å²) in [5, 5.41) is 0. The molecule has 0 radical (unpaired) electrons. The summed E-state index contributed by atoms with van der Waals surface area (Å²) in [4.78, 5) is 33.1. The highest BCUT2D eigenvalue weighted by Gasteiger charge is 2.41. The lowest BCUT2D eigenvalue weighted by molar-refractivity contribution is -0.162. The van der Waals surface area contributed by atoms with Crippen molar-refractivity contribution in [2.45, 2.75) is 25.6 Å². The van der Waals surface area contributed by atoms with Crippen LogP contribution < -0.4 is 4.90 Å². The van der Waals surface area contributed by atoms with E-state index in [9.17, 15) is 9.59 Å². The molecule has 144 valence electrons. The van der Waals surface area contributed by atoms with Gasteiger partial charge in [-0.05, 0) is 24.6 Å². The average Bonchev–Trinajstić information content (AvgIpc) is 3.15. The number of carbonyl (C=O) groups is 2. The SMILES string of the molecule is C[C@H]1OCC(=O)N(Cc2ccccc2)[C@@H]1C(=O)N(C)c1nc2ccccc2o1. The van der Waals surface area contributed by atoms with E-state index in [1.54, 1.807) is 24.9 Å². The average molecular weight is 379 g/mol. The van der Waals surface area contributed by atoms with Gasteiger partial charge in [0.2, 0.25) is 5.91 Å². The predicted molar refractivity (Wildman–Crippen MR) is 104 cm³/mol. The number of fused-ring (bicyclic) bond motifs is 1. The smallest absolute Gasteiger partial charge is 0.305 e. The lowest BCUT2D eigenvalue weighted by Crippen LogP contribution is -2.59. The fourth-order valence-electron chi connectivity index (χ4n) is 3.38. The molecule has 1 fully saturated rings. The molecule has 0 spiro atoms. The number of likely N-dealkylation sites (N-methyl/N-ethyl adjacent to an activating group) is 1. The normalized spacial score (nSPS) is 19.8. The minimum Gasteiger partial charge on any atom is -0.423 e. The molecule has 1 aromatic heterocycles. The molecule has 7 heteroatoms. The minimum absolute atomic E-state index is 0.0373. The molecule has 4 rings (SSSR count). The Morgan fingerprint density at radius 2 is 1.89 bits per heavy atom. The number of rotatable bonds is 4. The number of aromatic nitrogens is 1. The van der Waals surface area contributed by atoms with Crippen molar-refractivity contribution in [2.24, 2.45) is 0 Å². The number of nitrogens with zero attached hydrogens (tertiary/aromatic N) is 3. The first-order chi connectivity index (χ1) is 13.5. The van der Waals surface area contributed by atoms with Crippen LogP contribution >= 0.6 is 0 Å². The van der Waals surface area contributed by atoms with E-state index in [-0.39, 0.29) is 24.4 Å². The zero-order chi connectivity index (χ0) is 19.7. The van der Waals surface area contributed by atoms with Crippen LogP contribution in [0.15, 0.2) is 59.0 Å². The van der Waals surface area contributed by atoms with Crippen LogP contribution in [0.1, 0.15) is 12.5 Å². The van der Waals surface area contributed by atoms with E-state index in [1.807, 2.05) is 48.5 Å². The first-order valence-corrected chi connectivity index (χ1v) is 9.13. The van der Waals surface area contributed by atoms with Gasteiger partial charge in [-0.15, -0.1) is 0 Å². The Balaban J connectivity index is 1.62. The summed E-state index contributed by atoms with van der Waals surface area (Å²) >= 11 is 0. The Labute approximate surface area is 162 Å². The van der Waals surface area contributed by atoms with E-state index in [2.05, 4.69) is 4.98 Å². The van der Waals surface area contributed by atoms with E-state index >= 15 is 0 Å². The molecule has 2 amide bonds. The number of hydrogen-bond acceptors (Lipinski definition) is 5. The molecule has 0 saturated carbocycles. The molecular formula is C21H21N3O4. The highest BCUT2D eigenvalue weighted by molar-refractivity contribution is 5.99. The van der Waals surface area contributed by atoms with Crippen molar-refractivity contribution in [3.05, 3.63) is 60.2 Å². The highest BCUT2D eigenvalue weighted by Crippen LogP contribution is 2.25. The van der Waals surface area contributed by atoms with Crippen molar-refractivity contribution in [3.63, 3.8) is 0 Å². The van der Waals surface area contributed by atoms with Gasteiger partial charge in [-0.3, -0.25) is 14.5 Å². The van der Waals surface area contributed by atoms with Gasteiger partial charge in [0.1, 0.15) is 18.2 Å². The van der Waals surface area contributed by atoms with E-state index < -0.39 is 12.1 Å². The van der Waals surface area contributed by atoms with Gasteiger partial charge in [-0.1, -0.05) is 42.5 Å². The van der Waals surface area contributed by atoms with Crippen molar-refractivity contribution in [1.82, 2.24) is 9.88 Å². The Bertz CT molecular complexity index is 968. The van der Waals surface area contributed by atoms with Crippen LogP contribution in [0, 0.1) is 0 Å². The second kappa shape index (κ2) is 7.44. The van der Waals surface area contributed by atoms with Crippen molar-refractivity contribution in [3.8, 4) is 0 Å². The molecule has 0 aliphatic carbocycles. The monoisotopic (exact) mass is 379 g/mol. The van der Waals surface area contributed by atoms with Gasteiger partial charge in [0.25, 0.3) is 5.91 Å². The standard InChI is InChI=1S/C21H21N3O4/c1-14-19(24(18(25)13-27-14)12-15-8-4-3-5-9-15)20(26)23(2)21-22-16-10-6-7-11-17(16)28-21/h3-11,14,19H,12-13H2,1-2H3/t14-,19+/m1/s1. The second-order valence-corrected chi connectivity index (χ2v) is 6.83. The molecule has 2 atom stereocenters. The van der Waals surface area contributed by atoms with Gasteiger partial charge in [0, 0.05) is 13.6 Å². The number of morpholine rings is 1. The van der Waals surface area contributed by atoms with Crippen molar-refractivity contribution < 1.29 is 18.7 Å². The molecule has 7 nitrogen and oxygen atoms in total. The van der Waals surface area contributed by atoms with Gasteiger partial charge in [0.15, 0.2) is 5.58 Å². The molecule has 1 saturated heterocycles. The van der Waals surface area contributed by atoms with Crippen LogP contribution in [-0.4, -0.2) is 47.5 Å². The summed E-state index contributed by atoms with van der Waals surface area (Å²) in [6.07, 6.45) is -0.444. The number of para-hydroxylation sites is 2. The highest BCUT2D eigenvalue weighted by atomic mass is 16.5. The Morgan fingerprint density at radius 1 is 1.18 bits per heavy atom. The van der Waals surface area contributed by atoms with Gasteiger partial charge >= 0.3 is 6.01 Å². The third kappa shape index (κ3) is 3.36. The molecule has 2 aromatic carbocycles. The fraction of sp³-hybridized carbons (Fsp3) is 0.286. The Hall–Kier alpha value is -3.19. The van der Waals surface area contributed by atoms with Crippen LogP contribution in [0.4, 0.5) is 6.01 Å². The number of carbonyl (C=O) groups excluding carboxylic acids is 2. The number of ether oxygens (including phenoxy) is 1. The lowest BCUT2D eigenvalue weighted by Gasteiger charge is -2.39. The van der Waals surface area contributed by atoms with Crippen molar-refractivity contribution in [2.75, 3.05) is 18.6 Å². The van der Waals surface area contributed by atoms with Crippen LogP contribution in [0.25, 0.3) is 11.1 Å². The summed E-state index contributed by atoms with van der Waals surface area (Å²) in [6, 6.07) is 16.3. The van der Waals surface area contributed by atoms with Crippen molar-refractivity contribution >= 4 is 28.9 Å². The topological polar surface area (TPSA) is 75.9 Å². The molecule has 1 aliphatic rings. The van der Waals surface area contributed by atoms with Crippen LogP contribution in [-0.2, 0) is 20.9 Å². The first-order valence-electron chi connectivity index (χ1n) is 9.13. The summed E-state index contributed by atoms with van der Waals surface area (Å²) in [5.74, 6) is -0.519. The second-order valence-electron chi connectivity index (χ2n) is 6.83. The quantitative estimate of drug-likeness (QED) is 0.697. The number of hydrogen-bond donors (Lipinski definition) is 0. The number of benzene rings is 2. The summed E-state index contributed by atoms with van der Waals surface area (Å²) < 4.78 is 11.3. The van der Waals surface area contributed by atoms with Crippen LogP contribution in [0.5, 0.6) is 0 Å². The summed E-state index contributed by atoms with van der Waals surface area (Å²) in [6.45, 7) is 2.10. The minimum atomic E-state index is -0.763.